The van der Waals surface area contributed by atoms with E-state index in [0.717, 1.165) is 24.4 Å². The maximum absolute atomic E-state index is 11.5. The van der Waals surface area contributed by atoms with Crippen LogP contribution in [0.2, 0.25) is 0 Å². The first-order valence-electron chi connectivity index (χ1n) is 5.96. The summed E-state index contributed by atoms with van der Waals surface area (Å²) in [4.78, 5) is 19.9. The summed E-state index contributed by atoms with van der Waals surface area (Å²) in [5.41, 5.74) is 1.75. The van der Waals surface area contributed by atoms with Crippen molar-refractivity contribution in [2.75, 3.05) is 13.1 Å². The Kier molecular flexibility index (Phi) is 4.46. The van der Waals surface area contributed by atoms with Crippen molar-refractivity contribution in [2.45, 2.75) is 13.0 Å². The van der Waals surface area contributed by atoms with Crippen LogP contribution in [0, 0.1) is 0 Å². The van der Waals surface area contributed by atoms with E-state index < -0.39 is 0 Å². The number of hydrogen-bond acceptors (Lipinski definition) is 3. The third-order valence-corrected chi connectivity index (χ3v) is 2.51. The molecule has 0 atom stereocenters. The number of pyridine rings is 1. The Morgan fingerprint density at radius 1 is 1.28 bits per heavy atom. The molecule has 5 nitrogen and oxygen atoms in total. The summed E-state index contributed by atoms with van der Waals surface area (Å²) < 4.78 is 0. The summed E-state index contributed by atoms with van der Waals surface area (Å²) in [6.45, 7) is 1.70. The van der Waals surface area contributed by atoms with Gasteiger partial charge < -0.3 is 10.6 Å². The lowest BCUT2D eigenvalue weighted by atomic mass is 10.2. The molecule has 1 aromatic rings. The summed E-state index contributed by atoms with van der Waals surface area (Å²) in [7, 11) is 0. The molecule has 0 bridgehead atoms. The highest BCUT2D eigenvalue weighted by Crippen LogP contribution is 1.95. The molecule has 0 aliphatic carbocycles. The lowest BCUT2D eigenvalue weighted by Gasteiger charge is -2.09. The Labute approximate surface area is 106 Å². The fourth-order valence-electron chi connectivity index (χ4n) is 1.58. The van der Waals surface area contributed by atoms with Crippen molar-refractivity contribution < 1.29 is 4.79 Å². The number of rotatable bonds is 4. The SMILES string of the molecule is O=C(NCC1=NCCC=C1)NCc1ccccn1. The number of urea groups is 1. The number of aromatic nitrogens is 1. The fourth-order valence-corrected chi connectivity index (χ4v) is 1.58. The molecule has 0 saturated heterocycles. The number of carbonyl (C=O) groups excluding carboxylic acids is 1. The molecule has 18 heavy (non-hydrogen) atoms. The van der Waals surface area contributed by atoms with Crippen LogP contribution in [0.15, 0.2) is 41.5 Å². The molecular weight excluding hydrogens is 228 g/mol. The van der Waals surface area contributed by atoms with E-state index in [1.807, 2.05) is 24.3 Å². The molecule has 0 unspecified atom stereocenters. The van der Waals surface area contributed by atoms with Gasteiger partial charge in [0.05, 0.1) is 24.5 Å². The first-order valence-corrected chi connectivity index (χ1v) is 5.96. The van der Waals surface area contributed by atoms with Gasteiger partial charge in [-0.2, -0.15) is 0 Å². The molecule has 0 fully saturated rings. The van der Waals surface area contributed by atoms with Crippen LogP contribution in [0.5, 0.6) is 0 Å². The number of amides is 2. The van der Waals surface area contributed by atoms with Crippen molar-refractivity contribution in [3.05, 3.63) is 42.2 Å². The van der Waals surface area contributed by atoms with Crippen molar-refractivity contribution >= 4 is 11.7 Å². The lowest BCUT2D eigenvalue weighted by molar-refractivity contribution is 0.241. The minimum Gasteiger partial charge on any atom is -0.333 e. The van der Waals surface area contributed by atoms with Crippen molar-refractivity contribution in [1.82, 2.24) is 15.6 Å². The van der Waals surface area contributed by atoms with Gasteiger partial charge in [0, 0.05) is 12.7 Å². The van der Waals surface area contributed by atoms with Crippen LogP contribution in [0.3, 0.4) is 0 Å². The van der Waals surface area contributed by atoms with E-state index in [1.54, 1.807) is 6.20 Å². The van der Waals surface area contributed by atoms with Gasteiger partial charge in [-0.3, -0.25) is 9.98 Å². The van der Waals surface area contributed by atoms with E-state index in [4.69, 9.17) is 0 Å². The van der Waals surface area contributed by atoms with Gasteiger partial charge in [0.1, 0.15) is 0 Å². The van der Waals surface area contributed by atoms with E-state index in [1.165, 1.54) is 0 Å². The molecule has 94 valence electrons. The van der Waals surface area contributed by atoms with Crippen LogP contribution >= 0.6 is 0 Å². The van der Waals surface area contributed by atoms with Gasteiger partial charge in [-0.05, 0) is 24.6 Å². The van der Waals surface area contributed by atoms with Gasteiger partial charge in [0.15, 0.2) is 0 Å². The first kappa shape index (κ1) is 12.3. The van der Waals surface area contributed by atoms with Gasteiger partial charge in [0.25, 0.3) is 0 Å². The summed E-state index contributed by atoms with van der Waals surface area (Å²) in [5.74, 6) is 0. The van der Waals surface area contributed by atoms with Crippen LogP contribution in [-0.4, -0.2) is 29.8 Å². The predicted molar refractivity (Wildman–Crippen MR) is 70.5 cm³/mol. The smallest absolute Gasteiger partial charge is 0.315 e. The van der Waals surface area contributed by atoms with Crippen LogP contribution in [-0.2, 0) is 6.54 Å². The average Bonchev–Trinajstić information content (AvgIpc) is 2.45. The third kappa shape index (κ3) is 4.01. The number of nitrogens with one attached hydrogen (secondary N) is 2. The topological polar surface area (TPSA) is 66.4 Å². The largest absolute Gasteiger partial charge is 0.333 e. The lowest BCUT2D eigenvalue weighted by Crippen LogP contribution is -2.38. The molecule has 0 radical (unpaired) electrons. The van der Waals surface area contributed by atoms with Crippen molar-refractivity contribution in [3.63, 3.8) is 0 Å². The van der Waals surface area contributed by atoms with E-state index >= 15 is 0 Å². The predicted octanol–water partition coefficient (Wildman–Crippen LogP) is 1.28. The minimum absolute atomic E-state index is 0.206. The highest BCUT2D eigenvalue weighted by molar-refractivity contribution is 5.98. The molecule has 0 aromatic carbocycles. The third-order valence-electron chi connectivity index (χ3n) is 2.51. The van der Waals surface area contributed by atoms with Crippen LogP contribution < -0.4 is 10.6 Å². The van der Waals surface area contributed by atoms with Gasteiger partial charge >= 0.3 is 6.03 Å². The van der Waals surface area contributed by atoms with Gasteiger partial charge in [-0.25, -0.2) is 4.79 Å². The summed E-state index contributed by atoms with van der Waals surface area (Å²) in [6, 6.07) is 5.40. The number of hydrogen-bond donors (Lipinski definition) is 2. The van der Waals surface area contributed by atoms with Crippen molar-refractivity contribution in [1.29, 1.82) is 0 Å². The zero-order chi connectivity index (χ0) is 12.6. The quantitative estimate of drug-likeness (QED) is 0.838. The van der Waals surface area contributed by atoms with Crippen LogP contribution in [0.4, 0.5) is 4.79 Å². The second-order valence-electron chi connectivity index (χ2n) is 3.92. The normalized spacial score (nSPS) is 13.9. The molecule has 2 amide bonds. The molecule has 1 aliphatic heterocycles. The summed E-state index contributed by atoms with van der Waals surface area (Å²) in [6.07, 6.45) is 6.70. The van der Waals surface area contributed by atoms with Crippen LogP contribution in [0.1, 0.15) is 12.1 Å². The average molecular weight is 244 g/mol. The summed E-state index contributed by atoms with van der Waals surface area (Å²) >= 11 is 0. The highest BCUT2D eigenvalue weighted by Gasteiger charge is 2.03. The fraction of sp³-hybridized carbons (Fsp3) is 0.308. The van der Waals surface area contributed by atoms with E-state index in [0.29, 0.717) is 13.1 Å². The molecule has 2 rings (SSSR count). The van der Waals surface area contributed by atoms with Crippen molar-refractivity contribution in [2.24, 2.45) is 4.99 Å². The van der Waals surface area contributed by atoms with E-state index in [-0.39, 0.29) is 6.03 Å². The van der Waals surface area contributed by atoms with Gasteiger partial charge in [-0.15, -0.1) is 0 Å². The van der Waals surface area contributed by atoms with Crippen molar-refractivity contribution in [3.8, 4) is 0 Å². The van der Waals surface area contributed by atoms with E-state index in [9.17, 15) is 4.79 Å². The Bertz CT molecular complexity index is 453. The Balaban J connectivity index is 1.69. The van der Waals surface area contributed by atoms with E-state index in [2.05, 4.69) is 26.7 Å². The second kappa shape index (κ2) is 6.54. The molecule has 1 aliphatic rings. The molecule has 0 saturated carbocycles. The Hall–Kier alpha value is -2.17. The summed E-state index contributed by atoms with van der Waals surface area (Å²) in [5, 5.41) is 5.51. The maximum Gasteiger partial charge on any atom is 0.315 e. The number of aliphatic imine (C=N–C) groups is 1. The highest BCUT2D eigenvalue weighted by atomic mass is 16.2. The van der Waals surface area contributed by atoms with Crippen LogP contribution in [0.25, 0.3) is 0 Å². The number of dihydropyridines is 1. The van der Waals surface area contributed by atoms with Gasteiger partial charge in [0.2, 0.25) is 0 Å². The minimum atomic E-state index is -0.206. The molecule has 1 aromatic heterocycles. The second-order valence-corrected chi connectivity index (χ2v) is 3.92. The molecule has 2 heterocycles. The zero-order valence-corrected chi connectivity index (χ0v) is 10.1. The standard InChI is InChI=1S/C13H16N4O/c18-13(16-9-11-5-1-3-7-14-11)17-10-12-6-2-4-8-15-12/h1-3,5-7H,4,8-10H2,(H2,16,17,18). The Morgan fingerprint density at radius 3 is 2.89 bits per heavy atom. The maximum atomic E-state index is 11.5. The number of nitrogens with zero attached hydrogens (tertiary/aromatic N) is 2. The monoisotopic (exact) mass is 244 g/mol. The molecule has 5 heteroatoms. The molecular formula is C13H16N4O. The van der Waals surface area contributed by atoms with Gasteiger partial charge in [-0.1, -0.05) is 12.1 Å². The number of carbonyl (C=O) groups is 1. The first-order chi connectivity index (χ1) is 8.84. The molecule has 2 N–H and O–H groups in total. The molecule has 0 spiro atoms. The zero-order valence-electron chi connectivity index (χ0n) is 10.1. The Morgan fingerprint density at radius 2 is 2.17 bits per heavy atom.